The number of carboxylic acid groups (broad SMARTS) is 1. The predicted octanol–water partition coefficient (Wildman–Crippen LogP) is 8.19. The highest BCUT2D eigenvalue weighted by molar-refractivity contribution is 7.93. The van der Waals surface area contributed by atoms with Gasteiger partial charge in [0.25, 0.3) is 11.8 Å². The minimum Gasteiger partial charge on any atom is -0.615 e. The van der Waals surface area contributed by atoms with Crippen LogP contribution < -0.4 is 9.62 Å². The second kappa shape index (κ2) is 19.2. The number of hydrogen-bond acceptors (Lipinski definition) is 8. The van der Waals surface area contributed by atoms with Gasteiger partial charge in [-0.15, -0.1) is 9.40 Å². The molecule has 0 bridgehead atoms. The van der Waals surface area contributed by atoms with Crippen molar-refractivity contribution in [3.8, 4) is 23.0 Å². The van der Waals surface area contributed by atoms with E-state index in [1.165, 1.54) is 44.4 Å². The summed E-state index contributed by atoms with van der Waals surface area (Å²) in [7, 11) is 0. The van der Waals surface area contributed by atoms with Crippen LogP contribution in [0.25, 0.3) is 22.0 Å². The van der Waals surface area contributed by atoms with Crippen molar-refractivity contribution < 1.29 is 72.5 Å². The lowest BCUT2D eigenvalue weighted by Gasteiger charge is -2.33. The third-order valence-electron chi connectivity index (χ3n) is 11.7. The molecule has 3 heterocycles. The number of fused-ring (bicyclic) bond motifs is 2. The van der Waals surface area contributed by atoms with Gasteiger partial charge in [-0.2, -0.15) is 40.2 Å². The second-order valence-electron chi connectivity index (χ2n) is 17.2. The maximum Gasteiger partial charge on any atom is 0.435 e. The third kappa shape index (κ3) is 10.8. The molecule has 2 aliphatic carbocycles. The van der Waals surface area contributed by atoms with Crippen molar-refractivity contribution in [2.45, 2.75) is 88.1 Å². The summed E-state index contributed by atoms with van der Waals surface area (Å²) in [6, 6.07) is 5.43. The van der Waals surface area contributed by atoms with E-state index in [1.807, 2.05) is 0 Å². The van der Waals surface area contributed by atoms with Crippen molar-refractivity contribution >= 4 is 68.6 Å². The lowest BCUT2D eigenvalue weighted by atomic mass is 9.74. The summed E-state index contributed by atoms with van der Waals surface area (Å²) in [6.07, 6.45) is -10.6. The van der Waals surface area contributed by atoms with Crippen LogP contribution in [0.1, 0.15) is 73.1 Å². The zero-order valence-electron chi connectivity index (χ0n) is 36.9. The number of rotatable bonds is 13. The summed E-state index contributed by atoms with van der Waals surface area (Å²) in [6.45, 7) is -0.0735. The predicted molar refractivity (Wildman–Crippen MR) is 235 cm³/mol. The Bertz CT molecular complexity index is 2940. The van der Waals surface area contributed by atoms with Gasteiger partial charge in [-0.25, -0.2) is 13.8 Å². The topological polar surface area (TPSA) is 181 Å². The quantitative estimate of drug-likeness (QED) is 0.0668. The van der Waals surface area contributed by atoms with E-state index in [0.717, 1.165) is 18.4 Å². The molecule has 26 heteroatoms. The van der Waals surface area contributed by atoms with Gasteiger partial charge in [0, 0.05) is 35.1 Å². The Morgan fingerprint density at radius 1 is 0.971 bits per heavy atom. The Labute approximate surface area is 402 Å². The van der Waals surface area contributed by atoms with Crippen LogP contribution in [-0.4, -0.2) is 80.0 Å². The second-order valence-corrected chi connectivity index (χ2v) is 20.7. The van der Waals surface area contributed by atoms with E-state index in [2.05, 4.69) is 32.3 Å². The number of aliphatic carboxylic acids is 1. The van der Waals surface area contributed by atoms with Crippen molar-refractivity contribution in [1.29, 1.82) is 0 Å². The fourth-order valence-electron chi connectivity index (χ4n) is 8.21. The fraction of sp³-hybridized carbons (Fsp3) is 0.409. The SMILES string of the molecule is C[S+]([O-])N(c1nn(CC(F)(F)F)c2c(-c3ccc(C#CC(C)(C)[S+](C)[O-])nc3C(Cc3cc(F)cc(F)c3)NC(=O)Cn3nc(C(F)(F)F)c4c3C(F)(F)CC4)ccc(Cl)c12)C(=O)[C@H]1C[C@@H](C(=O)O)C1. The molecule has 70 heavy (non-hydrogen) atoms. The lowest BCUT2D eigenvalue weighted by molar-refractivity contribution is -0.148. The molecule has 5 aromatic rings. The van der Waals surface area contributed by atoms with Gasteiger partial charge < -0.3 is 19.5 Å². The van der Waals surface area contributed by atoms with E-state index in [1.54, 1.807) is 0 Å². The number of nitrogens with zero attached hydrogens (tertiary/aromatic N) is 6. The molecule has 2 aliphatic rings. The number of alkyl halides is 8. The van der Waals surface area contributed by atoms with Crippen molar-refractivity contribution in [3.05, 3.63) is 93.0 Å². The first-order valence-corrected chi connectivity index (χ1v) is 24.2. The molecule has 3 unspecified atom stereocenters. The first kappa shape index (κ1) is 52.3. The van der Waals surface area contributed by atoms with Crippen LogP contribution in [0, 0.1) is 35.3 Å². The van der Waals surface area contributed by atoms with Crippen LogP contribution >= 0.6 is 11.6 Å². The number of pyridine rings is 1. The van der Waals surface area contributed by atoms with E-state index < -0.39 is 153 Å². The van der Waals surface area contributed by atoms with E-state index in [4.69, 9.17) is 11.6 Å². The maximum absolute atomic E-state index is 15.1. The minimum atomic E-state index is -5.20. The summed E-state index contributed by atoms with van der Waals surface area (Å²) in [5.41, 5.74) is -5.20. The van der Waals surface area contributed by atoms with Crippen molar-refractivity contribution in [2.75, 3.05) is 16.8 Å². The monoisotopic (exact) mass is 1050 g/mol. The largest absolute Gasteiger partial charge is 0.615 e. The molecule has 0 spiro atoms. The van der Waals surface area contributed by atoms with E-state index in [0.29, 0.717) is 15.1 Å². The summed E-state index contributed by atoms with van der Waals surface area (Å²) in [5.74, 6) is -6.53. The maximum atomic E-state index is 15.1. The van der Waals surface area contributed by atoms with E-state index in [9.17, 15) is 63.7 Å². The van der Waals surface area contributed by atoms with Gasteiger partial charge in [-0.3, -0.25) is 23.7 Å². The fourth-order valence-corrected chi connectivity index (χ4v) is 9.42. The zero-order chi connectivity index (χ0) is 51.6. The number of benzene rings is 2. The molecule has 3 aromatic heterocycles. The number of halogens is 11. The molecule has 0 saturated heterocycles. The Morgan fingerprint density at radius 3 is 2.20 bits per heavy atom. The highest BCUT2D eigenvalue weighted by Crippen LogP contribution is 2.47. The lowest BCUT2D eigenvalue weighted by Crippen LogP contribution is -2.46. The molecule has 13 nitrogen and oxygen atoms in total. The molecule has 7 rings (SSSR count). The number of nitrogens with one attached hydrogen (secondary N) is 1. The van der Waals surface area contributed by atoms with Gasteiger partial charge in [-0.1, -0.05) is 17.7 Å². The van der Waals surface area contributed by atoms with Gasteiger partial charge >= 0.3 is 18.3 Å². The zero-order valence-corrected chi connectivity index (χ0v) is 39.3. The summed E-state index contributed by atoms with van der Waals surface area (Å²) in [5, 5.41) is 18.6. The molecular formula is C44H38ClF10N7O6S2. The summed E-state index contributed by atoms with van der Waals surface area (Å²) in [4.78, 5) is 44.1. The van der Waals surface area contributed by atoms with Gasteiger partial charge in [0.1, 0.15) is 42.4 Å². The van der Waals surface area contributed by atoms with Gasteiger partial charge in [0.15, 0.2) is 10.4 Å². The van der Waals surface area contributed by atoms with Crippen LogP contribution in [0.4, 0.5) is 49.7 Å². The standard InChI is InChI=1S/C44H38ClF10N7O6S2/c1-41(2,69(3)67)11-9-26-5-6-27(28-7-8-30(45)33-35(28)61(20-43(50,51)52)59-38(33)62(70(4)68)39(64)22-16-23(17-22)40(65)66)34(56-26)31(15-21-13-24(46)18-25(47)14-21)57-32(63)19-60-37-29(10-12-42(37,48)49)36(58-60)44(53,54)55/h5-8,13-14,18,22-23,31H,10,12,15-17,19-20H2,1-4H3,(H,57,63)(H,65,66)/t22-,23+,31?,69?,70?. The molecular weight excluding hydrogens is 1010 g/mol. The van der Waals surface area contributed by atoms with Crippen LogP contribution in [-0.2, 0) is 75.0 Å². The molecule has 0 aliphatic heterocycles. The number of hydrogen-bond donors (Lipinski definition) is 2. The molecule has 2 aromatic carbocycles. The van der Waals surface area contributed by atoms with Crippen LogP contribution in [0.15, 0.2) is 42.5 Å². The van der Waals surface area contributed by atoms with Crippen molar-refractivity contribution in [2.24, 2.45) is 11.8 Å². The first-order chi connectivity index (χ1) is 32.5. The normalized spacial score (nSPS) is 18.1. The Kier molecular flexibility index (Phi) is 14.4. The number of anilines is 1. The molecule has 2 amide bonds. The number of carbonyl (C=O) groups is 3. The van der Waals surface area contributed by atoms with Gasteiger partial charge in [-0.05, 0) is 98.4 Å². The molecule has 1 saturated carbocycles. The van der Waals surface area contributed by atoms with Crippen molar-refractivity contribution in [3.63, 3.8) is 0 Å². The number of amides is 2. The Balaban J connectivity index is 1.46. The Hall–Kier alpha value is -5.55. The van der Waals surface area contributed by atoms with Crippen LogP contribution in [0.3, 0.4) is 0 Å². The van der Waals surface area contributed by atoms with Crippen molar-refractivity contribution in [1.82, 2.24) is 29.9 Å². The Morgan fingerprint density at radius 2 is 1.61 bits per heavy atom. The molecule has 374 valence electrons. The third-order valence-corrected chi connectivity index (χ3v) is 14.5. The van der Waals surface area contributed by atoms with Gasteiger partial charge in [0.05, 0.1) is 51.2 Å². The number of aromatic nitrogens is 5. The summed E-state index contributed by atoms with van der Waals surface area (Å²) < 4.78 is 171. The molecule has 1 fully saturated rings. The average molecular weight is 1050 g/mol. The van der Waals surface area contributed by atoms with E-state index in [-0.39, 0.29) is 56.0 Å². The number of carboxylic acids is 1. The first-order valence-electron chi connectivity index (χ1n) is 20.8. The highest BCUT2D eigenvalue weighted by Gasteiger charge is 2.51. The molecule has 2 N–H and O–H groups in total. The smallest absolute Gasteiger partial charge is 0.435 e. The van der Waals surface area contributed by atoms with E-state index >= 15 is 8.78 Å². The molecule has 3 atom stereocenters. The average Bonchev–Trinajstić information content (AvgIpc) is 3.86. The number of carbonyl (C=O) groups excluding carboxylic acids is 2. The van der Waals surface area contributed by atoms with Gasteiger partial charge in [0.2, 0.25) is 11.7 Å². The van der Waals surface area contributed by atoms with Crippen LogP contribution in [0.5, 0.6) is 0 Å². The van der Waals surface area contributed by atoms with Crippen LogP contribution in [0.2, 0.25) is 5.02 Å². The highest BCUT2D eigenvalue weighted by atomic mass is 35.5. The molecule has 0 radical (unpaired) electrons. The minimum absolute atomic E-state index is 0.144. The summed E-state index contributed by atoms with van der Waals surface area (Å²) >= 11 is 2.77.